The molecule has 1 fully saturated rings. The Morgan fingerprint density at radius 1 is 1.00 bits per heavy atom. The smallest absolute Gasteiger partial charge is 0.228 e. The van der Waals surface area contributed by atoms with Crippen molar-refractivity contribution in [2.45, 2.75) is 19.3 Å². The Labute approximate surface area is 165 Å². The van der Waals surface area contributed by atoms with Crippen LogP contribution in [0.3, 0.4) is 0 Å². The van der Waals surface area contributed by atoms with Crippen molar-refractivity contribution < 1.29 is 19.1 Å². The molecule has 0 radical (unpaired) electrons. The average molecular weight is 382 g/mol. The minimum atomic E-state index is -0.291. The third-order valence-electron chi connectivity index (χ3n) is 4.91. The molecule has 2 amide bonds. The summed E-state index contributed by atoms with van der Waals surface area (Å²) in [4.78, 5) is 24.7. The van der Waals surface area contributed by atoms with Gasteiger partial charge in [-0.25, -0.2) is 0 Å². The van der Waals surface area contributed by atoms with Crippen LogP contribution in [0.5, 0.6) is 11.5 Å². The van der Waals surface area contributed by atoms with E-state index in [1.54, 1.807) is 25.3 Å². The van der Waals surface area contributed by atoms with E-state index in [-0.39, 0.29) is 23.7 Å². The lowest BCUT2D eigenvalue weighted by atomic mass is 10.1. The molecule has 6 nitrogen and oxygen atoms in total. The third kappa shape index (κ3) is 5.03. The third-order valence-corrected chi connectivity index (χ3v) is 4.91. The van der Waals surface area contributed by atoms with Gasteiger partial charge in [0.05, 0.1) is 31.7 Å². The Balaban J connectivity index is 1.43. The zero-order chi connectivity index (χ0) is 19.9. The zero-order valence-corrected chi connectivity index (χ0v) is 16.2. The number of amides is 2. The minimum absolute atomic E-state index is 0.0464. The van der Waals surface area contributed by atoms with E-state index in [2.05, 4.69) is 22.8 Å². The number of aryl methyl sites for hydroxylation is 1. The molecule has 1 aliphatic carbocycles. The highest BCUT2D eigenvalue weighted by molar-refractivity contribution is 6.00. The Morgan fingerprint density at radius 2 is 1.75 bits per heavy atom. The highest BCUT2D eigenvalue weighted by Gasteiger charge is 2.48. The van der Waals surface area contributed by atoms with Gasteiger partial charge in [0.2, 0.25) is 11.8 Å². The second kappa shape index (κ2) is 9.26. The first kappa shape index (κ1) is 19.7. The van der Waals surface area contributed by atoms with Gasteiger partial charge >= 0.3 is 0 Å². The van der Waals surface area contributed by atoms with Gasteiger partial charge in [-0.3, -0.25) is 9.59 Å². The topological polar surface area (TPSA) is 76.7 Å². The van der Waals surface area contributed by atoms with Crippen LogP contribution in [0.25, 0.3) is 0 Å². The van der Waals surface area contributed by atoms with Gasteiger partial charge < -0.3 is 20.1 Å². The first-order valence-electron chi connectivity index (χ1n) is 9.47. The van der Waals surface area contributed by atoms with Crippen LogP contribution in [0.15, 0.2) is 48.5 Å². The fourth-order valence-electron chi connectivity index (χ4n) is 3.18. The Morgan fingerprint density at radius 3 is 2.46 bits per heavy atom. The number of carbonyl (C=O) groups is 2. The van der Waals surface area contributed by atoms with Crippen LogP contribution in [-0.2, 0) is 16.0 Å². The van der Waals surface area contributed by atoms with Crippen LogP contribution in [0, 0.1) is 11.8 Å². The second-order valence-corrected chi connectivity index (χ2v) is 6.88. The van der Waals surface area contributed by atoms with E-state index in [9.17, 15) is 9.59 Å². The number of benzene rings is 2. The quantitative estimate of drug-likeness (QED) is 0.654. The Hall–Kier alpha value is -3.02. The second-order valence-electron chi connectivity index (χ2n) is 6.88. The van der Waals surface area contributed by atoms with Crippen molar-refractivity contribution in [2.75, 3.05) is 26.1 Å². The van der Waals surface area contributed by atoms with E-state index in [4.69, 9.17) is 9.47 Å². The molecular weight excluding hydrogens is 356 g/mol. The van der Waals surface area contributed by atoms with Gasteiger partial charge in [-0.2, -0.15) is 0 Å². The molecule has 2 aromatic carbocycles. The van der Waals surface area contributed by atoms with E-state index in [1.807, 2.05) is 18.2 Å². The number of methoxy groups -OCH3 is 2. The molecule has 1 aliphatic rings. The number of hydrogen-bond acceptors (Lipinski definition) is 4. The molecule has 2 unspecified atom stereocenters. The lowest BCUT2D eigenvalue weighted by Crippen LogP contribution is -2.28. The predicted octanol–water partition coefficient (Wildman–Crippen LogP) is 3.03. The maximum Gasteiger partial charge on any atom is 0.228 e. The van der Waals surface area contributed by atoms with E-state index >= 15 is 0 Å². The van der Waals surface area contributed by atoms with Gasteiger partial charge in [-0.05, 0) is 37.0 Å². The molecule has 0 heterocycles. The van der Waals surface area contributed by atoms with E-state index < -0.39 is 0 Å². The lowest BCUT2D eigenvalue weighted by molar-refractivity contribution is -0.125. The van der Waals surface area contributed by atoms with Gasteiger partial charge in [-0.1, -0.05) is 30.3 Å². The predicted molar refractivity (Wildman–Crippen MR) is 108 cm³/mol. The molecule has 28 heavy (non-hydrogen) atoms. The SMILES string of the molecule is COc1ccc(NC(=O)C2CC2C(=O)NCCCc2ccccc2)c(OC)c1. The zero-order valence-electron chi connectivity index (χ0n) is 16.2. The number of rotatable bonds is 9. The van der Waals surface area contributed by atoms with Crippen LogP contribution in [0.1, 0.15) is 18.4 Å². The number of ether oxygens (including phenoxy) is 2. The molecule has 0 aromatic heterocycles. The Bertz CT molecular complexity index is 823. The molecule has 1 saturated carbocycles. The number of carbonyl (C=O) groups excluding carboxylic acids is 2. The van der Waals surface area contributed by atoms with Crippen molar-refractivity contribution in [3.8, 4) is 11.5 Å². The Kier molecular flexibility index (Phi) is 6.53. The molecular formula is C22H26N2O4. The van der Waals surface area contributed by atoms with E-state index in [1.165, 1.54) is 12.7 Å². The van der Waals surface area contributed by atoms with Crippen LogP contribution in [0.4, 0.5) is 5.69 Å². The summed E-state index contributed by atoms with van der Waals surface area (Å²) in [5.74, 6) is 0.425. The number of nitrogens with one attached hydrogen (secondary N) is 2. The van der Waals surface area contributed by atoms with Gasteiger partial charge in [0.15, 0.2) is 0 Å². The number of hydrogen-bond donors (Lipinski definition) is 2. The van der Waals surface area contributed by atoms with Crippen molar-refractivity contribution in [3.05, 3.63) is 54.1 Å². The molecule has 0 spiro atoms. The largest absolute Gasteiger partial charge is 0.497 e. The molecule has 2 aromatic rings. The van der Waals surface area contributed by atoms with Gasteiger partial charge in [-0.15, -0.1) is 0 Å². The summed E-state index contributed by atoms with van der Waals surface area (Å²) in [6.45, 7) is 0.616. The van der Waals surface area contributed by atoms with E-state index in [0.717, 1.165) is 12.8 Å². The molecule has 0 bridgehead atoms. The maximum atomic E-state index is 12.4. The molecule has 3 rings (SSSR count). The van der Waals surface area contributed by atoms with Crippen molar-refractivity contribution >= 4 is 17.5 Å². The van der Waals surface area contributed by atoms with Crippen LogP contribution in [0.2, 0.25) is 0 Å². The van der Waals surface area contributed by atoms with E-state index in [0.29, 0.717) is 30.2 Å². The highest BCUT2D eigenvalue weighted by atomic mass is 16.5. The van der Waals surface area contributed by atoms with Crippen molar-refractivity contribution in [2.24, 2.45) is 11.8 Å². The summed E-state index contributed by atoms with van der Waals surface area (Å²) >= 11 is 0. The first-order valence-corrected chi connectivity index (χ1v) is 9.47. The molecule has 148 valence electrons. The number of anilines is 1. The van der Waals surface area contributed by atoms with Crippen molar-refractivity contribution in [1.82, 2.24) is 5.32 Å². The monoisotopic (exact) mass is 382 g/mol. The maximum absolute atomic E-state index is 12.4. The van der Waals surface area contributed by atoms with Crippen molar-refractivity contribution in [1.29, 1.82) is 0 Å². The summed E-state index contributed by atoms with van der Waals surface area (Å²) in [5, 5.41) is 5.79. The summed E-state index contributed by atoms with van der Waals surface area (Å²) in [6, 6.07) is 15.4. The molecule has 2 N–H and O–H groups in total. The molecule has 0 saturated heterocycles. The molecule has 6 heteroatoms. The standard InChI is InChI=1S/C22H26N2O4/c1-27-16-10-11-19(20(13-16)28-2)24-22(26)18-14-17(18)21(25)23-12-6-9-15-7-4-3-5-8-15/h3-5,7-8,10-11,13,17-18H,6,9,12,14H2,1-2H3,(H,23,25)(H,24,26). The van der Waals surface area contributed by atoms with Gasteiger partial charge in [0.1, 0.15) is 11.5 Å². The van der Waals surface area contributed by atoms with Crippen LogP contribution in [-0.4, -0.2) is 32.6 Å². The minimum Gasteiger partial charge on any atom is -0.497 e. The summed E-state index contributed by atoms with van der Waals surface area (Å²) < 4.78 is 10.4. The average Bonchev–Trinajstić information content (AvgIpc) is 3.53. The molecule has 0 aliphatic heterocycles. The van der Waals surface area contributed by atoms with Crippen molar-refractivity contribution in [3.63, 3.8) is 0 Å². The summed E-state index contributed by atoms with van der Waals surface area (Å²) in [7, 11) is 3.10. The fraction of sp³-hybridized carbons (Fsp3) is 0.364. The highest BCUT2D eigenvalue weighted by Crippen LogP contribution is 2.40. The normalized spacial score (nSPS) is 17.5. The summed E-state index contributed by atoms with van der Waals surface area (Å²) in [5.41, 5.74) is 1.83. The van der Waals surface area contributed by atoms with Gasteiger partial charge in [0, 0.05) is 12.6 Å². The fourth-order valence-corrected chi connectivity index (χ4v) is 3.18. The van der Waals surface area contributed by atoms with Gasteiger partial charge in [0.25, 0.3) is 0 Å². The summed E-state index contributed by atoms with van der Waals surface area (Å²) in [6.07, 6.45) is 2.38. The van der Waals surface area contributed by atoms with Crippen LogP contribution < -0.4 is 20.1 Å². The first-order chi connectivity index (χ1) is 13.6. The lowest BCUT2D eigenvalue weighted by Gasteiger charge is -2.11. The molecule has 2 atom stereocenters. The van der Waals surface area contributed by atoms with Crippen LogP contribution >= 0.6 is 0 Å².